The molecular formula is C22H31BrN4O3S2. The number of nitrogens with zero attached hydrogens (tertiary/aromatic N) is 4. The number of carbonyl (C=O) groups is 1. The first-order chi connectivity index (χ1) is 15.0. The molecule has 1 fully saturated rings. The highest BCUT2D eigenvalue weighted by molar-refractivity contribution is 9.09. The van der Waals surface area contributed by atoms with Gasteiger partial charge in [0.05, 0.1) is 13.0 Å². The Balaban J connectivity index is 1.64. The molecule has 1 aliphatic heterocycles. The molecule has 32 heavy (non-hydrogen) atoms. The molecule has 0 N–H and O–H groups in total. The van der Waals surface area contributed by atoms with Gasteiger partial charge in [-0.05, 0) is 42.5 Å². The molecule has 0 aliphatic carbocycles. The third kappa shape index (κ3) is 6.30. The molecule has 2 aromatic rings. The van der Waals surface area contributed by atoms with Crippen LogP contribution >= 0.6 is 39.0 Å². The minimum absolute atomic E-state index is 0.0310. The van der Waals surface area contributed by atoms with Crippen molar-refractivity contribution in [3.63, 3.8) is 0 Å². The highest BCUT2D eigenvalue weighted by atomic mass is 79.9. The summed E-state index contributed by atoms with van der Waals surface area (Å²) in [6.45, 7) is 8.67. The van der Waals surface area contributed by atoms with E-state index in [9.17, 15) is 10.0 Å². The van der Waals surface area contributed by atoms with Gasteiger partial charge in [-0.15, -0.1) is 16.9 Å². The van der Waals surface area contributed by atoms with Crippen molar-refractivity contribution in [2.24, 2.45) is 0 Å². The van der Waals surface area contributed by atoms with E-state index in [4.69, 9.17) is 4.74 Å². The molecule has 0 radical (unpaired) electrons. The Bertz CT molecular complexity index is 936. The Morgan fingerprint density at radius 1 is 1.44 bits per heavy atom. The van der Waals surface area contributed by atoms with Crippen LogP contribution in [0.25, 0.3) is 0 Å². The first-order valence-corrected chi connectivity index (χ1v) is 13.5. The zero-order valence-electron chi connectivity index (χ0n) is 19.2. The second kappa shape index (κ2) is 10.5. The van der Waals surface area contributed by atoms with Crippen LogP contribution in [0.15, 0.2) is 29.2 Å². The molecule has 1 aromatic carbocycles. The summed E-state index contributed by atoms with van der Waals surface area (Å²) in [5.74, 6) is -0.360. The zero-order chi connectivity index (χ0) is 23.5. The smallest absolute Gasteiger partial charge is 0.311 e. The van der Waals surface area contributed by atoms with Crippen molar-refractivity contribution in [1.82, 2.24) is 19.7 Å². The van der Waals surface area contributed by atoms with Crippen LogP contribution in [0.1, 0.15) is 44.7 Å². The summed E-state index contributed by atoms with van der Waals surface area (Å²) in [5.41, 5.74) is 1.07. The van der Waals surface area contributed by atoms with Gasteiger partial charge in [0.2, 0.25) is 0 Å². The van der Waals surface area contributed by atoms with Crippen molar-refractivity contribution in [2.75, 3.05) is 25.6 Å². The number of likely N-dealkylation sites (N-methyl/N-ethyl adjacent to an activating group) is 1. The van der Waals surface area contributed by atoms with Gasteiger partial charge in [0.1, 0.15) is 11.7 Å². The summed E-state index contributed by atoms with van der Waals surface area (Å²) in [6, 6.07) is 8.35. The predicted molar refractivity (Wildman–Crippen MR) is 135 cm³/mol. The lowest BCUT2D eigenvalue weighted by atomic mass is 9.98. The first kappa shape index (κ1) is 25.6. The van der Waals surface area contributed by atoms with E-state index < -0.39 is 10.9 Å². The molecule has 0 bridgehead atoms. The molecule has 1 saturated heterocycles. The van der Waals surface area contributed by atoms with E-state index in [2.05, 4.69) is 44.3 Å². The zero-order valence-corrected chi connectivity index (χ0v) is 22.4. The first-order valence-electron chi connectivity index (χ1n) is 10.6. The topological polar surface area (TPSA) is 78.4 Å². The number of esters is 1. The maximum atomic E-state index is 13.7. The standard InChI is InChI=1S/C22H31BrN4O3S2/c1-15(31-17-8-6-7-16(12-17)9-10-23)11-19(28)30-18-13-26(5)14-27(18,29)21-25-24-20(32-21)22(2,3)4/h6-8,12,15,18H,9-11,13-14H2,1-5H3. The van der Waals surface area contributed by atoms with E-state index in [1.54, 1.807) is 11.8 Å². The fourth-order valence-electron chi connectivity index (χ4n) is 3.48. The molecule has 10 heteroatoms. The molecule has 0 spiro atoms. The predicted octanol–water partition coefficient (Wildman–Crippen LogP) is 4.92. The highest BCUT2D eigenvalue weighted by Crippen LogP contribution is 2.37. The fraction of sp³-hybridized carbons (Fsp3) is 0.591. The second-order valence-corrected chi connectivity index (χ2v) is 12.5. The Kier molecular flexibility index (Phi) is 8.38. The largest absolute Gasteiger partial charge is 0.622 e. The highest BCUT2D eigenvalue weighted by Gasteiger charge is 2.45. The van der Waals surface area contributed by atoms with Gasteiger partial charge in [-0.1, -0.05) is 60.9 Å². The van der Waals surface area contributed by atoms with Gasteiger partial charge in [-0.3, -0.25) is 9.44 Å². The maximum absolute atomic E-state index is 13.7. The van der Waals surface area contributed by atoms with Gasteiger partial charge >= 0.3 is 11.1 Å². The SMILES string of the molecule is CC(CC(=O)OC1CN(C)C[N+]1([O-])c1nnc(C(C)(C)C)s1)Sc1cccc(CCBr)c1. The number of aromatic nitrogens is 2. The summed E-state index contributed by atoms with van der Waals surface area (Å²) in [4.78, 5) is 15.7. The maximum Gasteiger partial charge on any atom is 0.311 e. The lowest BCUT2D eigenvalue weighted by molar-refractivity contribution is -0.153. The monoisotopic (exact) mass is 542 g/mol. The Hall–Kier alpha value is -1.04. The van der Waals surface area contributed by atoms with Crippen LogP contribution in [0.3, 0.4) is 0 Å². The average Bonchev–Trinajstić information content (AvgIpc) is 3.28. The molecule has 3 rings (SSSR count). The van der Waals surface area contributed by atoms with E-state index in [1.807, 2.05) is 45.7 Å². The van der Waals surface area contributed by atoms with Crippen molar-refractivity contribution >= 4 is 50.1 Å². The van der Waals surface area contributed by atoms with Crippen molar-refractivity contribution < 1.29 is 9.53 Å². The van der Waals surface area contributed by atoms with Crippen molar-refractivity contribution in [3.8, 4) is 0 Å². The number of ether oxygens (including phenoxy) is 1. The number of rotatable bonds is 8. The van der Waals surface area contributed by atoms with Crippen LogP contribution < -0.4 is 4.65 Å². The van der Waals surface area contributed by atoms with Crippen LogP contribution in [-0.2, 0) is 21.4 Å². The molecule has 3 unspecified atom stereocenters. The van der Waals surface area contributed by atoms with Gasteiger partial charge in [0.15, 0.2) is 0 Å². The number of benzene rings is 1. The number of hydroxylamine groups is 2. The van der Waals surface area contributed by atoms with Gasteiger partial charge in [0.25, 0.3) is 6.23 Å². The third-order valence-electron chi connectivity index (χ3n) is 5.10. The van der Waals surface area contributed by atoms with Gasteiger partial charge in [-0.2, -0.15) is 0 Å². The second-order valence-electron chi connectivity index (χ2n) is 9.28. The van der Waals surface area contributed by atoms with Gasteiger partial charge in [0, 0.05) is 20.9 Å². The Labute approximate surface area is 206 Å². The quantitative estimate of drug-likeness (QED) is 0.154. The van der Waals surface area contributed by atoms with Gasteiger partial charge < -0.3 is 9.94 Å². The molecule has 7 nitrogen and oxygen atoms in total. The van der Waals surface area contributed by atoms with Crippen LogP contribution in [0.4, 0.5) is 5.13 Å². The lowest BCUT2D eigenvalue weighted by Crippen LogP contribution is -2.51. The van der Waals surface area contributed by atoms with Crippen LogP contribution in [0.5, 0.6) is 0 Å². The summed E-state index contributed by atoms with van der Waals surface area (Å²) >= 11 is 6.42. The lowest BCUT2D eigenvalue weighted by Gasteiger charge is -2.38. The number of aryl methyl sites for hydroxylation is 1. The van der Waals surface area contributed by atoms with E-state index in [-0.39, 0.29) is 29.7 Å². The van der Waals surface area contributed by atoms with E-state index in [0.29, 0.717) is 11.7 Å². The number of carbonyl (C=O) groups excluding carboxylic acids is 1. The van der Waals surface area contributed by atoms with Gasteiger partial charge in [-0.25, -0.2) is 4.90 Å². The Morgan fingerprint density at radius 3 is 2.84 bits per heavy atom. The van der Waals surface area contributed by atoms with Crippen LogP contribution in [0.2, 0.25) is 0 Å². The molecule has 1 aromatic heterocycles. The average molecular weight is 544 g/mol. The molecule has 0 amide bonds. The number of thioether (sulfide) groups is 1. The number of alkyl halides is 1. The van der Waals surface area contributed by atoms with E-state index >= 15 is 0 Å². The molecule has 176 valence electrons. The van der Waals surface area contributed by atoms with Crippen LogP contribution in [0, 0.1) is 5.21 Å². The minimum atomic E-state index is -0.840. The molecule has 0 saturated carbocycles. The van der Waals surface area contributed by atoms with Crippen molar-refractivity contribution in [3.05, 3.63) is 40.0 Å². The molecule has 1 aliphatic rings. The fourth-order valence-corrected chi connectivity index (χ4v) is 5.97. The molecular weight excluding hydrogens is 512 g/mol. The number of quaternary nitrogens is 1. The molecule has 2 heterocycles. The minimum Gasteiger partial charge on any atom is -0.622 e. The molecule has 3 atom stereocenters. The summed E-state index contributed by atoms with van der Waals surface area (Å²) in [7, 11) is 1.85. The van der Waals surface area contributed by atoms with E-state index in [0.717, 1.165) is 21.7 Å². The van der Waals surface area contributed by atoms with E-state index in [1.165, 1.54) is 16.9 Å². The normalized spacial score (nSPS) is 22.8. The van der Waals surface area contributed by atoms with Crippen molar-refractivity contribution in [1.29, 1.82) is 0 Å². The summed E-state index contributed by atoms with van der Waals surface area (Å²) in [6.07, 6.45) is 0.357. The third-order valence-corrected chi connectivity index (χ3v) is 8.06. The van der Waals surface area contributed by atoms with Crippen LogP contribution in [-0.4, -0.2) is 58.1 Å². The Morgan fingerprint density at radius 2 is 2.19 bits per heavy atom. The summed E-state index contributed by atoms with van der Waals surface area (Å²) < 4.78 is 4.92. The number of hydrogen-bond acceptors (Lipinski definition) is 8. The van der Waals surface area contributed by atoms with Crippen molar-refractivity contribution in [2.45, 2.75) is 62.3 Å². The number of halogens is 1. The number of hydrogen-bond donors (Lipinski definition) is 0. The summed E-state index contributed by atoms with van der Waals surface area (Å²) in [5, 5.41) is 24.2.